The van der Waals surface area contributed by atoms with Gasteiger partial charge in [-0.3, -0.25) is 0 Å². The van der Waals surface area contributed by atoms with Gasteiger partial charge >= 0.3 is 0 Å². The summed E-state index contributed by atoms with van der Waals surface area (Å²) in [5, 5.41) is 35.0. The van der Waals surface area contributed by atoms with Crippen molar-refractivity contribution in [3.63, 3.8) is 0 Å². The number of azide groups is 1. The van der Waals surface area contributed by atoms with E-state index in [1.54, 1.807) is 13.8 Å². The molecule has 1 saturated carbocycles. The van der Waals surface area contributed by atoms with Gasteiger partial charge in [0.25, 0.3) is 0 Å². The molecule has 9 heteroatoms. The molecule has 2 rings (SSSR count). The van der Waals surface area contributed by atoms with Crippen LogP contribution in [0, 0.1) is 5.41 Å². The lowest BCUT2D eigenvalue weighted by atomic mass is 9.97. The molecule has 1 saturated heterocycles. The highest BCUT2D eigenvalue weighted by Gasteiger charge is 2.90. The maximum Gasteiger partial charge on any atom is 0.169 e. The second-order valence-electron chi connectivity index (χ2n) is 8.16. The van der Waals surface area contributed by atoms with Crippen LogP contribution in [0.2, 0.25) is 25.7 Å². The summed E-state index contributed by atoms with van der Waals surface area (Å²) < 4.78 is 11.4. The van der Waals surface area contributed by atoms with Crippen molar-refractivity contribution in [3.05, 3.63) is 10.4 Å². The van der Waals surface area contributed by atoms with Crippen LogP contribution in [-0.2, 0) is 9.47 Å². The molecule has 0 unspecified atom stereocenters. The van der Waals surface area contributed by atoms with Crippen molar-refractivity contribution in [1.29, 1.82) is 0 Å². The average molecular weight is 345 g/mol. The summed E-state index contributed by atoms with van der Waals surface area (Å²) in [5.74, 6) is 0. The zero-order chi connectivity index (χ0) is 17.7. The lowest BCUT2D eigenvalue weighted by molar-refractivity contribution is -0.264. The minimum absolute atomic E-state index is 0.408. The molecular weight excluding hydrogens is 318 g/mol. The zero-order valence-electron chi connectivity index (χ0n) is 14.4. The Morgan fingerprint density at radius 1 is 1.26 bits per heavy atom. The van der Waals surface area contributed by atoms with E-state index in [1.807, 2.05) is 0 Å². The summed E-state index contributed by atoms with van der Waals surface area (Å²) in [6.45, 7) is 9.87. The van der Waals surface area contributed by atoms with Crippen molar-refractivity contribution in [2.24, 2.45) is 10.5 Å². The molecule has 5 atom stereocenters. The molecule has 0 aromatic heterocycles. The van der Waals surface area contributed by atoms with Crippen molar-refractivity contribution in [1.82, 2.24) is 0 Å². The van der Waals surface area contributed by atoms with Crippen LogP contribution in [0.25, 0.3) is 10.4 Å². The number of aliphatic hydroxyl groups excluding tert-OH is 1. The summed E-state index contributed by atoms with van der Waals surface area (Å²) in [4.78, 5) is 2.78. The predicted octanol–water partition coefficient (Wildman–Crippen LogP) is 1.24. The minimum Gasteiger partial charge on any atom is -0.394 e. The van der Waals surface area contributed by atoms with Crippen molar-refractivity contribution in [3.8, 4) is 0 Å². The summed E-state index contributed by atoms with van der Waals surface area (Å²) in [6.07, 6.45) is -1.99. The first-order valence-electron chi connectivity index (χ1n) is 7.84. The lowest BCUT2D eigenvalue weighted by Crippen LogP contribution is -2.58. The Morgan fingerprint density at radius 2 is 1.87 bits per heavy atom. The van der Waals surface area contributed by atoms with Crippen LogP contribution < -0.4 is 0 Å². The van der Waals surface area contributed by atoms with Gasteiger partial charge in [0.05, 0.1) is 6.61 Å². The predicted molar refractivity (Wildman–Crippen MR) is 86.5 cm³/mol. The van der Waals surface area contributed by atoms with Gasteiger partial charge < -0.3 is 24.8 Å². The van der Waals surface area contributed by atoms with E-state index in [2.05, 4.69) is 29.7 Å². The fourth-order valence-corrected chi connectivity index (χ4v) is 4.38. The SMILES string of the molecule is CC1(C)[C@]2(O)[C@@H](CO)O[C@@H](OCC[Si](C)(C)C)[C@H](N=[N+]=[N-])[C@]12O. The number of nitrogens with zero attached hydrogens (tertiary/aromatic N) is 3. The van der Waals surface area contributed by atoms with Gasteiger partial charge in [-0.2, -0.15) is 0 Å². The number of ether oxygens (including phenoxy) is 2. The molecule has 1 aliphatic carbocycles. The van der Waals surface area contributed by atoms with Crippen molar-refractivity contribution >= 4 is 8.07 Å². The average Bonchev–Trinajstić information content (AvgIpc) is 2.80. The maximum atomic E-state index is 11.0. The van der Waals surface area contributed by atoms with Crippen molar-refractivity contribution in [2.75, 3.05) is 13.2 Å². The molecular formula is C14H27N3O5Si. The van der Waals surface area contributed by atoms with E-state index < -0.39 is 49.7 Å². The van der Waals surface area contributed by atoms with Crippen LogP contribution in [0.1, 0.15) is 13.8 Å². The molecule has 0 bridgehead atoms. The molecule has 0 aromatic rings. The largest absolute Gasteiger partial charge is 0.394 e. The minimum atomic E-state index is -1.69. The molecule has 132 valence electrons. The highest BCUT2D eigenvalue weighted by atomic mass is 28.3. The molecule has 8 nitrogen and oxygen atoms in total. The van der Waals surface area contributed by atoms with Gasteiger partial charge in [-0.05, 0) is 11.6 Å². The zero-order valence-corrected chi connectivity index (χ0v) is 15.4. The van der Waals surface area contributed by atoms with Gasteiger partial charge in [-0.15, -0.1) is 0 Å². The quantitative estimate of drug-likeness (QED) is 0.289. The van der Waals surface area contributed by atoms with Gasteiger partial charge in [-0.25, -0.2) is 0 Å². The van der Waals surface area contributed by atoms with Crippen LogP contribution >= 0.6 is 0 Å². The molecule has 0 radical (unpaired) electrons. The lowest BCUT2D eigenvalue weighted by Gasteiger charge is -2.39. The van der Waals surface area contributed by atoms with Crippen LogP contribution in [0.3, 0.4) is 0 Å². The number of fused-ring (bicyclic) bond motifs is 1. The summed E-state index contributed by atoms with van der Waals surface area (Å²) in [5.41, 5.74) is 4.48. The Bertz CT molecular complexity index is 519. The second-order valence-corrected chi connectivity index (χ2v) is 13.8. The molecule has 1 aliphatic heterocycles. The summed E-state index contributed by atoms with van der Waals surface area (Å²) in [6, 6.07) is -0.192. The van der Waals surface area contributed by atoms with Crippen molar-refractivity contribution < 1.29 is 24.8 Å². The third-order valence-corrected chi connectivity index (χ3v) is 7.05. The Kier molecular flexibility index (Phi) is 4.62. The smallest absolute Gasteiger partial charge is 0.169 e. The van der Waals surface area contributed by atoms with E-state index in [0.717, 1.165) is 6.04 Å². The standard InChI is InChI=1S/C14H27N3O5Si/c1-12(2)13(19)9(8-18)22-11(21-6-7-23(3,4)5)10(16-17-15)14(12,13)20/h9-11,18-20H,6-8H2,1-5H3/t9-,10+,11-,13-,14+/m1/s1. The Hall–Kier alpha value is -0.673. The fourth-order valence-electron chi connectivity index (χ4n) is 3.65. The first kappa shape index (κ1) is 18.7. The number of aliphatic hydroxyl groups is 3. The van der Waals surface area contributed by atoms with Crippen LogP contribution in [-0.4, -0.2) is 66.2 Å². The molecule has 0 spiro atoms. The van der Waals surface area contributed by atoms with Gasteiger partial charge in [0.2, 0.25) is 0 Å². The number of hydrogen-bond donors (Lipinski definition) is 3. The molecule has 1 heterocycles. The van der Waals surface area contributed by atoms with Crippen LogP contribution in [0.5, 0.6) is 0 Å². The molecule has 0 aromatic carbocycles. The molecule has 2 fully saturated rings. The van der Waals surface area contributed by atoms with Gasteiger partial charge in [0.1, 0.15) is 23.3 Å². The van der Waals surface area contributed by atoms with E-state index >= 15 is 0 Å². The monoisotopic (exact) mass is 345 g/mol. The normalized spacial score (nSPS) is 41.8. The maximum absolute atomic E-state index is 11.0. The van der Waals surface area contributed by atoms with Crippen LogP contribution in [0.15, 0.2) is 5.11 Å². The summed E-state index contributed by atoms with van der Waals surface area (Å²) >= 11 is 0. The third kappa shape index (κ3) is 2.51. The number of hydrogen-bond acceptors (Lipinski definition) is 6. The van der Waals surface area contributed by atoms with E-state index in [4.69, 9.17) is 15.0 Å². The van der Waals surface area contributed by atoms with Gasteiger partial charge in [0.15, 0.2) is 6.29 Å². The highest BCUT2D eigenvalue weighted by molar-refractivity contribution is 6.76. The molecule has 2 aliphatic rings. The Morgan fingerprint density at radius 3 is 2.35 bits per heavy atom. The molecule has 3 N–H and O–H groups in total. The Balaban J connectivity index is 2.24. The van der Waals surface area contributed by atoms with Gasteiger partial charge in [0, 0.05) is 25.0 Å². The fraction of sp³-hybridized carbons (Fsp3) is 1.00. The second kappa shape index (κ2) is 5.70. The molecule has 0 amide bonds. The number of rotatable bonds is 6. The Labute approximate surface area is 137 Å². The van der Waals surface area contributed by atoms with Crippen molar-refractivity contribution in [2.45, 2.75) is 69.2 Å². The van der Waals surface area contributed by atoms with Gasteiger partial charge in [-0.1, -0.05) is 38.6 Å². The third-order valence-electron chi connectivity index (χ3n) is 5.35. The van der Waals surface area contributed by atoms with E-state index in [0.29, 0.717) is 6.61 Å². The topological polar surface area (TPSA) is 128 Å². The first-order chi connectivity index (χ1) is 10.5. The first-order valence-corrected chi connectivity index (χ1v) is 11.5. The summed E-state index contributed by atoms with van der Waals surface area (Å²) in [7, 11) is -1.32. The highest BCUT2D eigenvalue weighted by Crippen LogP contribution is 2.71. The van der Waals surface area contributed by atoms with E-state index in [9.17, 15) is 15.3 Å². The van der Waals surface area contributed by atoms with Crippen LogP contribution in [0.4, 0.5) is 0 Å². The van der Waals surface area contributed by atoms with E-state index in [1.165, 1.54) is 0 Å². The van der Waals surface area contributed by atoms with E-state index in [-0.39, 0.29) is 0 Å². The molecule has 23 heavy (non-hydrogen) atoms.